The Bertz CT molecular complexity index is 1460. The average molecular weight is 433 g/mol. The van der Waals surface area contributed by atoms with Gasteiger partial charge in [0.2, 0.25) is 11.7 Å². The first-order valence-electron chi connectivity index (χ1n) is 9.61. The van der Waals surface area contributed by atoms with Crippen LogP contribution in [-0.4, -0.2) is 41.8 Å². The highest BCUT2D eigenvalue weighted by molar-refractivity contribution is 5.67. The lowest BCUT2D eigenvalue weighted by Gasteiger charge is -2.03. The lowest BCUT2D eigenvalue weighted by molar-refractivity contribution is 0.369. The van der Waals surface area contributed by atoms with Crippen LogP contribution in [0.1, 0.15) is 11.5 Å². The van der Waals surface area contributed by atoms with Crippen molar-refractivity contribution in [1.82, 2.24) is 34.7 Å². The molecule has 0 amide bonds. The molecule has 11 heteroatoms. The minimum atomic E-state index is -0.388. The Morgan fingerprint density at radius 3 is 2.78 bits per heavy atom. The molecule has 3 aromatic heterocycles. The van der Waals surface area contributed by atoms with Gasteiger partial charge in [0.15, 0.2) is 11.2 Å². The van der Waals surface area contributed by atoms with Crippen molar-refractivity contribution in [3.05, 3.63) is 82.5 Å². The molecule has 10 nitrogen and oxygen atoms in total. The van der Waals surface area contributed by atoms with Crippen molar-refractivity contribution < 1.29 is 13.7 Å². The highest BCUT2D eigenvalue weighted by Crippen LogP contribution is 2.21. The molecule has 3 heterocycles. The van der Waals surface area contributed by atoms with Crippen molar-refractivity contribution in [1.29, 1.82) is 0 Å². The average Bonchev–Trinajstić information content (AvgIpc) is 3.45. The predicted octanol–water partition coefficient (Wildman–Crippen LogP) is 2.28. The van der Waals surface area contributed by atoms with Gasteiger partial charge in [-0.25, -0.2) is 14.1 Å². The van der Waals surface area contributed by atoms with Crippen LogP contribution in [0.2, 0.25) is 0 Å². The van der Waals surface area contributed by atoms with Crippen LogP contribution in [-0.2, 0) is 13.1 Å². The van der Waals surface area contributed by atoms with E-state index in [2.05, 4.69) is 25.4 Å². The third-order valence-corrected chi connectivity index (χ3v) is 4.84. The lowest BCUT2D eigenvalue weighted by Crippen LogP contribution is -2.21. The summed E-state index contributed by atoms with van der Waals surface area (Å²) in [6.07, 6.45) is 1.38. The number of rotatable bonds is 6. The van der Waals surface area contributed by atoms with Gasteiger partial charge in [-0.2, -0.15) is 4.98 Å². The van der Waals surface area contributed by atoms with Crippen molar-refractivity contribution in [2.24, 2.45) is 0 Å². The second kappa shape index (κ2) is 8.02. The van der Waals surface area contributed by atoms with Gasteiger partial charge in [-0.3, -0.25) is 9.36 Å². The number of ether oxygens (including phenoxy) is 1. The molecule has 0 bridgehead atoms. The molecule has 160 valence electrons. The number of aromatic nitrogens is 7. The molecule has 0 fully saturated rings. The zero-order valence-corrected chi connectivity index (χ0v) is 16.8. The molecule has 0 radical (unpaired) electrons. The molecule has 0 aliphatic rings. The van der Waals surface area contributed by atoms with Gasteiger partial charge in [-0.1, -0.05) is 34.6 Å². The van der Waals surface area contributed by atoms with Gasteiger partial charge in [0.1, 0.15) is 24.4 Å². The fraction of sp³-hybridized carbons (Fsp3) is 0.143. The van der Waals surface area contributed by atoms with Crippen molar-refractivity contribution in [2.45, 2.75) is 13.1 Å². The van der Waals surface area contributed by atoms with Gasteiger partial charge in [-0.15, -0.1) is 5.10 Å². The maximum Gasteiger partial charge on any atom is 0.283 e. The predicted molar refractivity (Wildman–Crippen MR) is 110 cm³/mol. The third-order valence-electron chi connectivity index (χ3n) is 4.84. The van der Waals surface area contributed by atoms with Crippen LogP contribution < -0.4 is 10.3 Å². The van der Waals surface area contributed by atoms with Gasteiger partial charge in [0, 0.05) is 5.56 Å². The van der Waals surface area contributed by atoms with E-state index in [0.29, 0.717) is 23.8 Å². The van der Waals surface area contributed by atoms with Gasteiger partial charge >= 0.3 is 0 Å². The maximum absolute atomic E-state index is 13.1. The van der Waals surface area contributed by atoms with Crippen LogP contribution in [0, 0.1) is 5.82 Å². The summed E-state index contributed by atoms with van der Waals surface area (Å²) in [5.74, 6) is 0.966. The Labute approximate surface area is 179 Å². The molecule has 0 unspecified atom stereocenters. The first kappa shape index (κ1) is 19.5. The van der Waals surface area contributed by atoms with E-state index < -0.39 is 0 Å². The quantitative estimate of drug-likeness (QED) is 0.401. The van der Waals surface area contributed by atoms with E-state index in [9.17, 15) is 9.18 Å². The summed E-state index contributed by atoms with van der Waals surface area (Å²) in [5.41, 5.74) is 1.59. The molecule has 5 aromatic rings. The highest BCUT2D eigenvalue weighted by atomic mass is 19.1. The molecule has 0 aliphatic carbocycles. The summed E-state index contributed by atoms with van der Waals surface area (Å²) >= 11 is 0. The summed E-state index contributed by atoms with van der Waals surface area (Å²) in [7, 11) is 1.58. The second-order valence-electron chi connectivity index (χ2n) is 6.97. The number of methoxy groups -OCH3 is 1. The number of hydrogen-bond donors (Lipinski definition) is 0. The molecule has 0 aliphatic heterocycles. The summed E-state index contributed by atoms with van der Waals surface area (Å²) in [6, 6.07) is 13.2. The zero-order chi connectivity index (χ0) is 22.1. The minimum Gasteiger partial charge on any atom is -0.497 e. The lowest BCUT2D eigenvalue weighted by atomic mass is 10.2. The molecule has 0 N–H and O–H groups in total. The van der Waals surface area contributed by atoms with Gasteiger partial charge in [0.25, 0.3) is 5.56 Å². The Morgan fingerprint density at radius 1 is 1.12 bits per heavy atom. The molecule has 0 spiro atoms. The van der Waals surface area contributed by atoms with Crippen molar-refractivity contribution >= 4 is 11.2 Å². The largest absolute Gasteiger partial charge is 0.497 e. The second-order valence-corrected chi connectivity index (χ2v) is 6.97. The standard InChI is InChI=1S/C21H16FN7O3/c1-31-16-4-2-3-14(9-16)19-24-17(32-26-19)11-28-12-23-20-18(21(28)30)25-27-29(20)10-13-5-7-15(22)8-6-13/h2-9,12H,10-11H2,1H3. The monoisotopic (exact) mass is 433 g/mol. The van der Waals surface area contributed by atoms with E-state index in [1.807, 2.05) is 18.2 Å². The fourth-order valence-electron chi connectivity index (χ4n) is 3.21. The smallest absolute Gasteiger partial charge is 0.283 e. The summed E-state index contributed by atoms with van der Waals surface area (Å²) in [6.45, 7) is 0.338. The minimum absolute atomic E-state index is 0.0313. The third kappa shape index (κ3) is 3.71. The van der Waals surface area contributed by atoms with E-state index in [1.54, 1.807) is 25.3 Å². The van der Waals surface area contributed by atoms with Gasteiger partial charge in [0.05, 0.1) is 13.7 Å². The first-order valence-corrected chi connectivity index (χ1v) is 9.61. The van der Waals surface area contributed by atoms with Crippen LogP contribution >= 0.6 is 0 Å². The molecule has 0 saturated heterocycles. The molecule has 0 atom stereocenters. The summed E-state index contributed by atoms with van der Waals surface area (Å²) < 4.78 is 26.4. The van der Waals surface area contributed by atoms with Crippen molar-refractivity contribution in [3.63, 3.8) is 0 Å². The Hall–Kier alpha value is -4.41. The van der Waals surface area contributed by atoms with E-state index in [-0.39, 0.29) is 29.3 Å². The topological polar surface area (TPSA) is 114 Å². The maximum atomic E-state index is 13.1. The first-order chi connectivity index (χ1) is 15.6. The van der Waals surface area contributed by atoms with E-state index in [0.717, 1.165) is 11.1 Å². The molecule has 2 aromatic carbocycles. The fourth-order valence-corrected chi connectivity index (χ4v) is 3.21. The Kier molecular flexibility index (Phi) is 4.90. The normalized spacial score (nSPS) is 11.2. The van der Waals surface area contributed by atoms with Crippen LogP contribution in [0.4, 0.5) is 4.39 Å². The highest BCUT2D eigenvalue weighted by Gasteiger charge is 2.15. The van der Waals surface area contributed by atoms with Gasteiger partial charge in [-0.05, 0) is 29.8 Å². The van der Waals surface area contributed by atoms with E-state index in [1.165, 1.54) is 27.7 Å². The SMILES string of the molecule is COc1cccc(-c2noc(Cn3cnc4c(nnn4Cc4ccc(F)cc4)c3=O)n2)c1. The van der Waals surface area contributed by atoms with Crippen LogP contribution in [0.15, 0.2) is 64.2 Å². The molecule has 5 rings (SSSR count). The van der Waals surface area contributed by atoms with Gasteiger partial charge < -0.3 is 9.26 Å². The molecule has 0 saturated carbocycles. The van der Waals surface area contributed by atoms with E-state index in [4.69, 9.17) is 9.26 Å². The van der Waals surface area contributed by atoms with Crippen LogP contribution in [0.3, 0.4) is 0 Å². The summed E-state index contributed by atoms with van der Waals surface area (Å²) in [5, 5.41) is 12.0. The molecule has 32 heavy (non-hydrogen) atoms. The van der Waals surface area contributed by atoms with Crippen LogP contribution in [0.5, 0.6) is 5.75 Å². The number of hydrogen-bond acceptors (Lipinski definition) is 8. The van der Waals surface area contributed by atoms with Crippen molar-refractivity contribution in [2.75, 3.05) is 7.11 Å². The molecular weight excluding hydrogens is 417 g/mol. The van der Waals surface area contributed by atoms with E-state index >= 15 is 0 Å². The zero-order valence-electron chi connectivity index (χ0n) is 16.8. The number of benzene rings is 2. The number of fused-ring (bicyclic) bond motifs is 1. The van der Waals surface area contributed by atoms with Crippen molar-refractivity contribution in [3.8, 4) is 17.1 Å². The number of nitrogens with zero attached hydrogens (tertiary/aromatic N) is 7. The summed E-state index contributed by atoms with van der Waals surface area (Å²) in [4.78, 5) is 21.5. The Balaban J connectivity index is 1.40. The van der Waals surface area contributed by atoms with Crippen LogP contribution in [0.25, 0.3) is 22.6 Å². The Morgan fingerprint density at radius 2 is 1.97 bits per heavy atom. The molecular formula is C21H16FN7O3. The number of halogens is 1.